The van der Waals surface area contributed by atoms with Crippen LogP contribution < -0.4 is 0 Å². The fraction of sp³-hybridized carbons (Fsp3) is 0.409. The number of carbonyl (C=O) groups is 1. The summed E-state index contributed by atoms with van der Waals surface area (Å²) < 4.78 is 13.9. The molecule has 28 heavy (non-hydrogen) atoms. The summed E-state index contributed by atoms with van der Waals surface area (Å²) in [6.45, 7) is 1.33. The molecule has 2 N–H and O–H groups in total. The van der Waals surface area contributed by atoms with Crippen LogP contribution in [-0.2, 0) is 16.8 Å². The summed E-state index contributed by atoms with van der Waals surface area (Å²) in [5.41, 5.74) is -0.108. The molecule has 2 aromatic rings. The lowest BCUT2D eigenvalue weighted by atomic mass is 9.75. The Hall–Kier alpha value is -2.44. The summed E-state index contributed by atoms with van der Waals surface area (Å²) in [5.74, 6) is -0.656. The zero-order valence-electron chi connectivity index (χ0n) is 16.3. The molecule has 0 radical (unpaired) electrons. The number of amides is 1. The van der Waals surface area contributed by atoms with Gasteiger partial charge < -0.3 is 20.0 Å². The summed E-state index contributed by atoms with van der Waals surface area (Å²) in [7, 11) is 3.84. The van der Waals surface area contributed by atoms with Crippen LogP contribution in [0.4, 0.5) is 4.39 Å². The zero-order valence-corrected chi connectivity index (χ0v) is 16.3. The molecule has 6 heteroatoms. The van der Waals surface area contributed by atoms with Crippen molar-refractivity contribution in [3.8, 4) is 5.75 Å². The lowest BCUT2D eigenvalue weighted by Crippen LogP contribution is -2.54. The fourth-order valence-electron chi connectivity index (χ4n) is 3.97. The van der Waals surface area contributed by atoms with Crippen molar-refractivity contribution in [1.82, 2.24) is 9.80 Å². The number of likely N-dealkylation sites (tertiary alicyclic amines) is 1. The maximum absolute atomic E-state index is 13.9. The molecular formula is C22H27FN2O3. The Kier molecular flexibility index (Phi) is 6.01. The first kappa shape index (κ1) is 20.3. The van der Waals surface area contributed by atoms with Crippen molar-refractivity contribution in [3.63, 3.8) is 0 Å². The van der Waals surface area contributed by atoms with Crippen molar-refractivity contribution in [1.29, 1.82) is 0 Å². The van der Waals surface area contributed by atoms with E-state index in [9.17, 15) is 19.4 Å². The minimum absolute atomic E-state index is 0.00586. The van der Waals surface area contributed by atoms with Crippen molar-refractivity contribution < 1.29 is 19.4 Å². The summed E-state index contributed by atoms with van der Waals surface area (Å²) in [6.07, 6.45) is 0.365. The van der Waals surface area contributed by atoms with Crippen LogP contribution in [0.5, 0.6) is 5.75 Å². The van der Waals surface area contributed by atoms with Gasteiger partial charge in [-0.25, -0.2) is 4.39 Å². The van der Waals surface area contributed by atoms with Gasteiger partial charge in [-0.05, 0) is 49.8 Å². The van der Waals surface area contributed by atoms with Crippen LogP contribution in [0.25, 0.3) is 0 Å². The first-order valence-corrected chi connectivity index (χ1v) is 9.47. The van der Waals surface area contributed by atoms with E-state index in [1.54, 1.807) is 47.4 Å². The molecule has 1 saturated heterocycles. The Morgan fingerprint density at radius 3 is 2.68 bits per heavy atom. The monoisotopic (exact) mass is 386 g/mol. The quantitative estimate of drug-likeness (QED) is 0.828. The molecule has 5 nitrogen and oxygen atoms in total. The maximum Gasteiger partial charge on any atom is 0.227 e. The van der Waals surface area contributed by atoms with Crippen LogP contribution in [0.2, 0.25) is 0 Å². The second kappa shape index (κ2) is 8.29. The van der Waals surface area contributed by atoms with Gasteiger partial charge in [0.15, 0.2) is 0 Å². The Bertz CT molecular complexity index is 842. The van der Waals surface area contributed by atoms with Crippen LogP contribution >= 0.6 is 0 Å². The van der Waals surface area contributed by atoms with Crippen LogP contribution in [0.15, 0.2) is 48.5 Å². The highest BCUT2D eigenvalue weighted by Gasteiger charge is 2.44. The molecule has 0 aromatic heterocycles. The Balaban J connectivity index is 1.80. The first-order valence-electron chi connectivity index (χ1n) is 9.47. The van der Waals surface area contributed by atoms with E-state index in [-0.39, 0.29) is 29.8 Å². The summed E-state index contributed by atoms with van der Waals surface area (Å²) in [5, 5.41) is 21.3. The number of phenols is 1. The summed E-state index contributed by atoms with van der Waals surface area (Å²) in [6, 6.07) is 13.0. The Labute approximate surface area is 165 Å². The van der Waals surface area contributed by atoms with Gasteiger partial charge in [-0.1, -0.05) is 30.3 Å². The van der Waals surface area contributed by atoms with Gasteiger partial charge >= 0.3 is 0 Å². The number of rotatable bonds is 5. The average molecular weight is 386 g/mol. The maximum atomic E-state index is 13.9. The zero-order chi connectivity index (χ0) is 20.3. The van der Waals surface area contributed by atoms with Gasteiger partial charge in [0, 0.05) is 25.6 Å². The van der Waals surface area contributed by atoms with E-state index in [4.69, 9.17) is 0 Å². The Morgan fingerprint density at radius 2 is 2.00 bits per heavy atom. The number of hydrogen-bond acceptors (Lipinski definition) is 4. The SMILES string of the molecule is CN(C)CC1CN(C(=O)Cc2ccccc2F)CCC1(O)c1cccc(O)c1. The topological polar surface area (TPSA) is 64.0 Å². The van der Waals surface area contributed by atoms with E-state index >= 15 is 0 Å². The van der Waals surface area contributed by atoms with Gasteiger partial charge in [0.2, 0.25) is 5.91 Å². The van der Waals surface area contributed by atoms with Crippen molar-refractivity contribution in [2.24, 2.45) is 5.92 Å². The summed E-state index contributed by atoms with van der Waals surface area (Å²) in [4.78, 5) is 16.5. The molecule has 1 heterocycles. The molecule has 2 atom stereocenters. The van der Waals surface area contributed by atoms with Gasteiger partial charge in [0.25, 0.3) is 0 Å². The van der Waals surface area contributed by atoms with Crippen LogP contribution in [-0.4, -0.2) is 59.6 Å². The Morgan fingerprint density at radius 1 is 1.25 bits per heavy atom. The number of carbonyl (C=O) groups excluding carboxylic acids is 1. The van der Waals surface area contributed by atoms with Crippen molar-refractivity contribution in [2.75, 3.05) is 33.7 Å². The van der Waals surface area contributed by atoms with Gasteiger partial charge in [0.05, 0.1) is 12.0 Å². The molecular weight excluding hydrogens is 359 g/mol. The molecule has 2 aromatic carbocycles. The largest absolute Gasteiger partial charge is 0.508 e. The highest BCUT2D eigenvalue weighted by atomic mass is 19.1. The first-order chi connectivity index (χ1) is 13.3. The molecule has 2 unspecified atom stereocenters. The van der Waals surface area contributed by atoms with Gasteiger partial charge in [0.1, 0.15) is 11.6 Å². The highest BCUT2D eigenvalue weighted by Crippen LogP contribution is 2.39. The van der Waals surface area contributed by atoms with Crippen molar-refractivity contribution in [2.45, 2.75) is 18.4 Å². The molecule has 1 aliphatic rings. The minimum atomic E-state index is -1.14. The molecule has 3 rings (SSSR count). The smallest absolute Gasteiger partial charge is 0.227 e. The van der Waals surface area contributed by atoms with Gasteiger partial charge in [-0.15, -0.1) is 0 Å². The van der Waals surface area contributed by atoms with E-state index in [0.29, 0.717) is 37.2 Å². The minimum Gasteiger partial charge on any atom is -0.508 e. The summed E-state index contributed by atoms with van der Waals surface area (Å²) >= 11 is 0. The number of hydrogen-bond donors (Lipinski definition) is 2. The predicted molar refractivity (Wildman–Crippen MR) is 105 cm³/mol. The predicted octanol–water partition coefficient (Wildman–Crippen LogP) is 2.37. The second-order valence-electron chi connectivity index (χ2n) is 7.79. The normalized spacial score (nSPS) is 22.5. The molecule has 1 fully saturated rings. The molecule has 1 amide bonds. The van der Waals surface area contributed by atoms with Crippen LogP contribution in [0.1, 0.15) is 17.5 Å². The number of aromatic hydroxyl groups is 1. The highest BCUT2D eigenvalue weighted by molar-refractivity contribution is 5.79. The lowest BCUT2D eigenvalue weighted by Gasteiger charge is -2.46. The molecule has 0 spiro atoms. The van der Waals surface area contributed by atoms with E-state index in [1.807, 2.05) is 19.0 Å². The molecule has 150 valence electrons. The van der Waals surface area contributed by atoms with Crippen molar-refractivity contribution >= 4 is 5.91 Å². The molecule has 0 saturated carbocycles. The van der Waals surface area contributed by atoms with E-state index < -0.39 is 5.60 Å². The number of benzene rings is 2. The van der Waals surface area contributed by atoms with Crippen molar-refractivity contribution in [3.05, 3.63) is 65.5 Å². The van der Waals surface area contributed by atoms with Gasteiger partial charge in [-0.3, -0.25) is 4.79 Å². The average Bonchev–Trinajstić information content (AvgIpc) is 2.65. The number of nitrogens with zero attached hydrogens (tertiary/aromatic N) is 2. The third-order valence-corrected chi connectivity index (χ3v) is 5.46. The fourth-order valence-corrected chi connectivity index (χ4v) is 3.97. The second-order valence-corrected chi connectivity index (χ2v) is 7.79. The van der Waals surface area contributed by atoms with E-state index in [0.717, 1.165) is 0 Å². The molecule has 0 aliphatic carbocycles. The number of phenolic OH excluding ortho intramolecular Hbond substituents is 1. The third kappa shape index (κ3) is 4.34. The third-order valence-electron chi connectivity index (χ3n) is 5.46. The number of halogens is 1. The van der Waals surface area contributed by atoms with Crippen LogP contribution in [0.3, 0.4) is 0 Å². The lowest BCUT2D eigenvalue weighted by molar-refractivity contribution is -0.141. The molecule has 1 aliphatic heterocycles. The van der Waals surface area contributed by atoms with E-state index in [2.05, 4.69) is 0 Å². The number of piperidine rings is 1. The van der Waals surface area contributed by atoms with Gasteiger partial charge in [-0.2, -0.15) is 0 Å². The molecule has 0 bridgehead atoms. The number of aliphatic hydroxyl groups is 1. The van der Waals surface area contributed by atoms with Crippen LogP contribution in [0, 0.1) is 11.7 Å². The standard InChI is InChI=1S/C22H27FN2O3/c1-24(2)14-18-15-25(21(27)12-16-6-3-4-9-20(16)23)11-10-22(18,28)17-7-5-8-19(26)13-17/h3-9,13,18,26,28H,10-12,14-15H2,1-2H3. The van der Waals surface area contributed by atoms with E-state index in [1.165, 1.54) is 6.07 Å².